The maximum atomic E-state index is 12.8. The molecule has 0 spiro atoms. The van der Waals surface area contributed by atoms with Gasteiger partial charge in [0.15, 0.2) is 0 Å². The number of carbonyl (C=O) groups is 3. The number of benzene rings is 2. The molecular formula is C28H28N2O4S2. The van der Waals surface area contributed by atoms with Crippen LogP contribution in [0.3, 0.4) is 0 Å². The molecule has 0 unspecified atom stereocenters. The van der Waals surface area contributed by atoms with E-state index in [9.17, 15) is 14.4 Å². The Balaban J connectivity index is 1.35. The molecule has 1 aliphatic rings. The highest BCUT2D eigenvalue weighted by atomic mass is 32.2. The predicted octanol–water partition coefficient (Wildman–Crippen LogP) is 6.19. The number of aryl methyl sites for hydroxylation is 1. The second-order valence-electron chi connectivity index (χ2n) is 8.23. The number of thioether (sulfide) groups is 1. The van der Waals surface area contributed by atoms with E-state index in [1.54, 1.807) is 19.1 Å². The Bertz CT molecular complexity index is 1270. The summed E-state index contributed by atoms with van der Waals surface area (Å²) in [5.74, 6) is -0.614. The van der Waals surface area contributed by atoms with Gasteiger partial charge in [-0.05, 0) is 68.0 Å². The van der Waals surface area contributed by atoms with E-state index in [0.717, 1.165) is 46.6 Å². The molecule has 0 fully saturated rings. The number of thiophene rings is 1. The first-order valence-corrected chi connectivity index (χ1v) is 13.7. The highest BCUT2D eigenvalue weighted by Gasteiger charge is 2.27. The maximum Gasteiger partial charge on any atom is 0.341 e. The molecule has 0 saturated heterocycles. The van der Waals surface area contributed by atoms with Gasteiger partial charge in [-0.3, -0.25) is 9.59 Å². The van der Waals surface area contributed by atoms with Crippen LogP contribution in [-0.4, -0.2) is 30.1 Å². The summed E-state index contributed by atoms with van der Waals surface area (Å²) in [5.41, 5.74) is 3.14. The number of esters is 1. The lowest BCUT2D eigenvalue weighted by Gasteiger charge is -2.12. The molecule has 4 rings (SSSR count). The lowest BCUT2D eigenvalue weighted by Crippen LogP contribution is -2.17. The van der Waals surface area contributed by atoms with Crippen molar-refractivity contribution in [2.24, 2.45) is 0 Å². The fraction of sp³-hybridized carbons (Fsp3) is 0.250. The lowest BCUT2D eigenvalue weighted by molar-refractivity contribution is -0.114. The van der Waals surface area contributed by atoms with E-state index in [4.69, 9.17) is 4.74 Å². The Labute approximate surface area is 219 Å². The SMILES string of the molecule is CCOC(=O)c1c(NC(=O)CSc2cccc(NC(=O)/C=C/c3ccccc3)c2)sc2c1CCCC2. The number of nitrogens with one attached hydrogen (secondary N) is 2. The van der Waals surface area contributed by atoms with E-state index in [2.05, 4.69) is 10.6 Å². The van der Waals surface area contributed by atoms with Gasteiger partial charge in [0.1, 0.15) is 5.00 Å². The van der Waals surface area contributed by atoms with Gasteiger partial charge in [-0.2, -0.15) is 0 Å². The number of anilines is 2. The standard InChI is InChI=1S/C28H28N2O4S2/c1-2-34-28(33)26-22-13-6-7-14-23(22)36-27(26)30-25(32)18-35-21-12-8-11-20(17-21)29-24(31)16-15-19-9-4-3-5-10-19/h3-5,8-12,15-17H,2,6-7,13-14,18H2,1H3,(H,29,31)(H,30,32)/b16-15+. The summed E-state index contributed by atoms with van der Waals surface area (Å²) in [6.07, 6.45) is 7.14. The third kappa shape index (κ3) is 6.86. The fourth-order valence-electron chi connectivity index (χ4n) is 3.97. The van der Waals surface area contributed by atoms with Crippen LogP contribution in [0.25, 0.3) is 6.08 Å². The highest BCUT2D eigenvalue weighted by Crippen LogP contribution is 2.38. The van der Waals surface area contributed by atoms with Crippen molar-refractivity contribution in [3.8, 4) is 0 Å². The maximum absolute atomic E-state index is 12.8. The van der Waals surface area contributed by atoms with Gasteiger partial charge in [-0.25, -0.2) is 4.79 Å². The molecule has 6 nitrogen and oxygen atoms in total. The average Bonchev–Trinajstić information content (AvgIpc) is 3.25. The van der Waals surface area contributed by atoms with Gasteiger partial charge >= 0.3 is 5.97 Å². The second kappa shape index (κ2) is 12.6. The van der Waals surface area contributed by atoms with Crippen LogP contribution in [0.5, 0.6) is 0 Å². The van der Waals surface area contributed by atoms with Crippen molar-refractivity contribution in [2.75, 3.05) is 23.0 Å². The summed E-state index contributed by atoms with van der Waals surface area (Å²) in [5, 5.41) is 6.37. The van der Waals surface area contributed by atoms with Gasteiger partial charge in [-0.15, -0.1) is 23.1 Å². The molecule has 36 heavy (non-hydrogen) atoms. The van der Waals surface area contributed by atoms with E-state index >= 15 is 0 Å². The van der Waals surface area contributed by atoms with Crippen molar-refractivity contribution in [3.05, 3.63) is 82.2 Å². The molecule has 0 atom stereocenters. The number of hydrogen-bond donors (Lipinski definition) is 2. The van der Waals surface area contributed by atoms with Crippen molar-refractivity contribution in [2.45, 2.75) is 37.5 Å². The van der Waals surface area contributed by atoms with Crippen LogP contribution in [0, 0.1) is 0 Å². The minimum absolute atomic E-state index is 0.177. The highest BCUT2D eigenvalue weighted by molar-refractivity contribution is 8.00. The van der Waals surface area contributed by atoms with Gasteiger partial charge in [0.2, 0.25) is 11.8 Å². The number of hydrogen-bond acceptors (Lipinski definition) is 6. The van der Waals surface area contributed by atoms with Crippen LogP contribution in [0.2, 0.25) is 0 Å². The van der Waals surface area contributed by atoms with E-state index < -0.39 is 0 Å². The molecule has 0 bridgehead atoms. The zero-order valence-electron chi connectivity index (χ0n) is 20.0. The van der Waals surface area contributed by atoms with E-state index in [-0.39, 0.29) is 23.5 Å². The Morgan fingerprint density at radius 3 is 2.64 bits per heavy atom. The normalized spacial score (nSPS) is 12.7. The first-order valence-electron chi connectivity index (χ1n) is 11.9. The summed E-state index contributed by atoms with van der Waals surface area (Å²) in [6.45, 7) is 2.07. The number of fused-ring (bicyclic) bond motifs is 1. The third-order valence-electron chi connectivity index (χ3n) is 5.60. The molecule has 186 valence electrons. The number of ether oxygens (including phenoxy) is 1. The smallest absolute Gasteiger partial charge is 0.341 e. The first kappa shape index (κ1) is 25.7. The summed E-state index contributed by atoms with van der Waals surface area (Å²) in [4.78, 5) is 39.7. The molecule has 1 aromatic heterocycles. The summed E-state index contributed by atoms with van der Waals surface area (Å²) < 4.78 is 5.26. The minimum Gasteiger partial charge on any atom is -0.462 e. The van der Waals surface area contributed by atoms with Crippen molar-refractivity contribution in [3.63, 3.8) is 0 Å². The van der Waals surface area contributed by atoms with Crippen molar-refractivity contribution >= 4 is 57.6 Å². The Hall–Kier alpha value is -3.36. The molecule has 2 amide bonds. The topological polar surface area (TPSA) is 84.5 Å². The van der Waals surface area contributed by atoms with Crippen LogP contribution >= 0.6 is 23.1 Å². The second-order valence-corrected chi connectivity index (χ2v) is 10.4. The third-order valence-corrected chi connectivity index (χ3v) is 7.80. The number of rotatable bonds is 9. The molecule has 2 N–H and O–H groups in total. The van der Waals surface area contributed by atoms with Crippen molar-refractivity contribution < 1.29 is 19.1 Å². The Morgan fingerprint density at radius 2 is 1.83 bits per heavy atom. The first-order chi connectivity index (χ1) is 17.5. The van der Waals surface area contributed by atoms with Gasteiger partial charge in [0, 0.05) is 21.5 Å². The Morgan fingerprint density at radius 1 is 1.03 bits per heavy atom. The van der Waals surface area contributed by atoms with Gasteiger partial charge in [0.25, 0.3) is 0 Å². The van der Waals surface area contributed by atoms with E-state index in [0.29, 0.717) is 22.9 Å². The van der Waals surface area contributed by atoms with Gasteiger partial charge in [0.05, 0.1) is 17.9 Å². The van der Waals surface area contributed by atoms with Crippen LogP contribution in [0.1, 0.15) is 46.1 Å². The molecule has 0 radical (unpaired) electrons. The molecule has 0 saturated carbocycles. The van der Waals surface area contributed by atoms with E-state index in [1.165, 1.54) is 29.2 Å². The van der Waals surface area contributed by atoms with E-state index in [1.807, 2.05) is 48.5 Å². The van der Waals surface area contributed by atoms with Gasteiger partial charge < -0.3 is 15.4 Å². The quantitative estimate of drug-likeness (QED) is 0.200. The van der Waals surface area contributed by atoms with Crippen LogP contribution < -0.4 is 10.6 Å². The largest absolute Gasteiger partial charge is 0.462 e. The predicted molar refractivity (Wildman–Crippen MR) is 147 cm³/mol. The fourth-order valence-corrected chi connectivity index (χ4v) is 6.02. The number of amides is 2. The average molecular weight is 521 g/mol. The summed E-state index contributed by atoms with van der Waals surface area (Å²) >= 11 is 2.85. The zero-order valence-corrected chi connectivity index (χ0v) is 21.7. The molecular weight excluding hydrogens is 492 g/mol. The minimum atomic E-state index is -0.371. The lowest BCUT2D eigenvalue weighted by atomic mass is 9.95. The molecule has 0 aliphatic heterocycles. The van der Waals surface area contributed by atoms with Crippen LogP contribution in [0.15, 0.2) is 65.6 Å². The molecule has 3 aromatic rings. The monoisotopic (exact) mass is 520 g/mol. The molecule has 1 heterocycles. The Kier molecular flexibility index (Phi) is 8.97. The van der Waals surface area contributed by atoms with Crippen LogP contribution in [-0.2, 0) is 27.2 Å². The molecule has 1 aliphatic carbocycles. The molecule has 2 aromatic carbocycles. The summed E-state index contributed by atoms with van der Waals surface area (Å²) in [6, 6.07) is 17.0. The zero-order chi connectivity index (χ0) is 25.3. The van der Waals surface area contributed by atoms with Crippen molar-refractivity contribution in [1.82, 2.24) is 0 Å². The molecule has 8 heteroatoms. The van der Waals surface area contributed by atoms with Gasteiger partial charge in [-0.1, -0.05) is 36.4 Å². The number of carbonyl (C=O) groups excluding carboxylic acids is 3. The van der Waals surface area contributed by atoms with Crippen LogP contribution in [0.4, 0.5) is 10.7 Å². The summed E-state index contributed by atoms with van der Waals surface area (Å²) in [7, 11) is 0. The van der Waals surface area contributed by atoms with Crippen molar-refractivity contribution in [1.29, 1.82) is 0 Å².